The molecular formula is C10H15FN2O12P2. The van der Waals surface area contributed by atoms with Gasteiger partial charge in [-0.25, -0.2) is 18.3 Å². The van der Waals surface area contributed by atoms with Gasteiger partial charge in [-0.15, -0.1) is 0 Å². The van der Waals surface area contributed by atoms with E-state index in [9.17, 15) is 28.7 Å². The maximum Gasteiger partial charge on any atom is 0.481 e. The second-order valence-electron chi connectivity index (χ2n) is 5.06. The summed E-state index contributed by atoms with van der Waals surface area (Å²) in [6.07, 6.45) is -6.47. The molecular weight excluding hydrogens is 421 g/mol. The molecule has 6 N–H and O–H groups in total. The number of H-pyrrole nitrogens is 1. The van der Waals surface area contributed by atoms with Crippen molar-refractivity contribution in [3.05, 3.63) is 32.6 Å². The molecule has 154 valence electrons. The first-order chi connectivity index (χ1) is 13.4. The number of aliphatic hydroxyl groups is 2. The fourth-order valence-electron chi connectivity index (χ4n) is 1.95. The molecule has 0 amide bonds. The summed E-state index contributed by atoms with van der Waals surface area (Å²) in [5.41, 5.74) is -3.01. The number of phosphoric acid groups is 2. The van der Waals surface area contributed by atoms with Crippen molar-refractivity contribution in [3.8, 4) is 0 Å². The second-order valence-corrected chi connectivity index (χ2v) is 7.82. The molecule has 1 aliphatic rings. The van der Waals surface area contributed by atoms with Crippen molar-refractivity contribution < 1.29 is 56.1 Å². The summed E-state index contributed by atoms with van der Waals surface area (Å²) < 4.78 is 72.2. The number of aliphatic hydroxyl groups excluding tert-OH is 2. The molecule has 1 aromatic rings. The Kier molecular flexibility index (Phi) is 5.04. The van der Waals surface area contributed by atoms with Gasteiger partial charge < -0.3 is 29.6 Å². The lowest BCUT2D eigenvalue weighted by Crippen LogP contribution is -2.37. The number of hydrogen-bond donors (Lipinski definition) is 6. The van der Waals surface area contributed by atoms with Crippen molar-refractivity contribution in [2.24, 2.45) is 0 Å². The minimum absolute atomic E-state index is 0.118. The van der Waals surface area contributed by atoms with Crippen LogP contribution in [0.5, 0.6) is 0 Å². The van der Waals surface area contributed by atoms with Crippen LogP contribution in [-0.2, 0) is 29.3 Å². The average molecular weight is 439 g/mol. The third-order valence-electron chi connectivity index (χ3n) is 2.95. The average Bonchev–Trinajstić information content (AvgIpc) is 2.75. The summed E-state index contributed by atoms with van der Waals surface area (Å²) in [5.74, 6) is -3.94. The number of alkyl halides is 1. The first-order valence-electron chi connectivity index (χ1n) is 8.20. The molecule has 1 unspecified atom stereocenters. The predicted molar refractivity (Wildman–Crippen MR) is 80.7 cm³/mol. The Balaban J connectivity index is 2.44. The van der Waals surface area contributed by atoms with Gasteiger partial charge in [0, 0.05) is 12.6 Å². The lowest BCUT2D eigenvalue weighted by atomic mass is 10.2. The molecule has 0 aromatic carbocycles. The van der Waals surface area contributed by atoms with Crippen molar-refractivity contribution in [2.45, 2.75) is 31.2 Å². The number of aromatic amines is 1. The Morgan fingerprint density at radius 3 is 2.67 bits per heavy atom. The standard InChI is InChI=1S/C10H15FN2O12P2/c11-10(4-23-27(21,22)25-26(18,19)20)1-6(15)8(24-10)13-2-5(3-14)7(16)12-9(13)17/h2,6,8,14-15H,1,3-4H2,(H,21,22)(H,12,16,17)(H2,18,19,20)/t6-,8-,10+/m1/s1/i4D2,8D. The first kappa shape index (κ1) is 17.8. The van der Waals surface area contributed by atoms with Crippen molar-refractivity contribution >= 4 is 15.6 Å². The molecule has 14 nitrogen and oxygen atoms in total. The molecule has 0 saturated carbocycles. The Morgan fingerprint density at radius 1 is 1.48 bits per heavy atom. The zero-order valence-corrected chi connectivity index (χ0v) is 14.7. The van der Waals surface area contributed by atoms with Crippen LogP contribution in [0.3, 0.4) is 0 Å². The van der Waals surface area contributed by atoms with Gasteiger partial charge in [-0.1, -0.05) is 0 Å². The van der Waals surface area contributed by atoms with E-state index in [0.29, 0.717) is 6.20 Å². The molecule has 1 aromatic heterocycles. The fourth-order valence-corrected chi connectivity index (χ4v) is 3.41. The monoisotopic (exact) mass is 439 g/mol. The largest absolute Gasteiger partial charge is 0.481 e. The van der Waals surface area contributed by atoms with E-state index in [1.807, 2.05) is 0 Å². The Morgan fingerprint density at radius 2 is 2.11 bits per heavy atom. The normalized spacial score (nSPS) is 33.1. The molecule has 4 atom stereocenters. The maximum atomic E-state index is 15.2. The number of nitrogens with one attached hydrogen (secondary N) is 1. The number of halogens is 1. The highest BCUT2D eigenvalue weighted by Crippen LogP contribution is 2.58. The lowest BCUT2D eigenvalue weighted by molar-refractivity contribution is -0.178. The topological polar surface area (TPSA) is 218 Å². The molecule has 2 rings (SSSR count). The van der Waals surface area contributed by atoms with E-state index in [2.05, 4.69) is 13.6 Å². The number of rotatable bonds is 7. The van der Waals surface area contributed by atoms with E-state index < -0.39 is 70.2 Å². The van der Waals surface area contributed by atoms with Crippen LogP contribution in [0.4, 0.5) is 4.39 Å². The fraction of sp³-hybridized carbons (Fsp3) is 0.600. The Labute approximate surface area is 152 Å². The van der Waals surface area contributed by atoms with Crippen molar-refractivity contribution in [3.63, 3.8) is 0 Å². The third-order valence-corrected chi connectivity index (χ3v) is 4.95. The van der Waals surface area contributed by atoms with Gasteiger partial charge in [0.25, 0.3) is 5.56 Å². The molecule has 0 spiro atoms. The first-order valence-corrected chi connectivity index (χ1v) is 9.72. The van der Waals surface area contributed by atoms with Crippen LogP contribution < -0.4 is 11.2 Å². The minimum atomic E-state index is -5.94. The summed E-state index contributed by atoms with van der Waals surface area (Å²) >= 11 is 0. The van der Waals surface area contributed by atoms with E-state index in [1.165, 1.54) is 0 Å². The van der Waals surface area contributed by atoms with Crippen LogP contribution in [0.25, 0.3) is 0 Å². The maximum absolute atomic E-state index is 15.2. The van der Waals surface area contributed by atoms with Gasteiger partial charge >= 0.3 is 21.3 Å². The SMILES string of the molecule is [2H]C([2H])(OP(=O)(O)OP(=O)(O)O)[C@]1(F)C[C@@H](O)[C@]([2H])(n2cc(CO)c(=O)[nH]c2=O)O1. The van der Waals surface area contributed by atoms with Crippen LogP contribution >= 0.6 is 15.6 Å². The van der Waals surface area contributed by atoms with Gasteiger partial charge in [0.2, 0.25) is 5.85 Å². The number of ether oxygens (including phenoxy) is 1. The zero-order valence-electron chi connectivity index (χ0n) is 15.9. The van der Waals surface area contributed by atoms with Crippen molar-refractivity contribution in [1.29, 1.82) is 0 Å². The van der Waals surface area contributed by atoms with E-state index in [1.54, 1.807) is 4.98 Å². The number of nitrogens with zero attached hydrogens (tertiary/aromatic N) is 1. The number of hydrogen-bond acceptors (Lipinski definition) is 9. The van der Waals surface area contributed by atoms with Gasteiger partial charge in [-0.05, 0) is 0 Å². The van der Waals surface area contributed by atoms with Crippen LogP contribution in [-0.4, -0.2) is 53.0 Å². The molecule has 27 heavy (non-hydrogen) atoms. The van der Waals surface area contributed by atoms with Gasteiger partial charge in [0.15, 0.2) is 6.20 Å². The Hall–Kier alpha value is -1.25. The molecule has 0 bridgehead atoms. The highest BCUT2D eigenvalue weighted by atomic mass is 31.3. The smallest absolute Gasteiger partial charge is 0.391 e. The summed E-state index contributed by atoms with van der Waals surface area (Å²) in [4.78, 5) is 51.4. The second kappa shape index (κ2) is 7.64. The van der Waals surface area contributed by atoms with Crippen LogP contribution in [0.1, 0.15) is 22.3 Å². The van der Waals surface area contributed by atoms with Crippen LogP contribution in [0, 0.1) is 0 Å². The molecule has 17 heteroatoms. The van der Waals surface area contributed by atoms with Crippen LogP contribution in [0.15, 0.2) is 15.8 Å². The van der Waals surface area contributed by atoms with E-state index in [0.717, 1.165) is 0 Å². The quantitative estimate of drug-likeness (QED) is 0.259. The van der Waals surface area contributed by atoms with E-state index >= 15 is 4.39 Å². The zero-order chi connectivity index (χ0) is 23.3. The van der Waals surface area contributed by atoms with Crippen LogP contribution in [0.2, 0.25) is 0 Å². The third kappa shape index (κ3) is 5.62. The molecule has 1 saturated heterocycles. The van der Waals surface area contributed by atoms with Gasteiger partial charge in [0.05, 0.1) is 16.3 Å². The van der Waals surface area contributed by atoms with Crippen molar-refractivity contribution in [2.75, 3.05) is 6.56 Å². The summed E-state index contributed by atoms with van der Waals surface area (Å²) in [7, 11) is -11.6. The molecule has 1 aliphatic heterocycles. The minimum Gasteiger partial charge on any atom is -0.391 e. The molecule has 1 fully saturated rings. The lowest BCUT2D eigenvalue weighted by Gasteiger charge is -2.22. The van der Waals surface area contributed by atoms with Crippen molar-refractivity contribution in [1.82, 2.24) is 9.55 Å². The molecule has 0 aliphatic carbocycles. The summed E-state index contributed by atoms with van der Waals surface area (Å²) in [6.45, 7) is -5.01. The Bertz CT molecular complexity index is 1040. The van der Waals surface area contributed by atoms with Gasteiger partial charge in [0.1, 0.15) is 12.7 Å². The van der Waals surface area contributed by atoms with Gasteiger partial charge in [-0.2, -0.15) is 4.31 Å². The molecule has 0 radical (unpaired) electrons. The summed E-state index contributed by atoms with van der Waals surface area (Å²) in [6, 6.07) is 0. The molecule has 2 heterocycles. The predicted octanol–water partition coefficient (Wildman–Crippen LogP) is -1.80. The summed E-state index contributed by atoms with van der Waals surface area (Å²) in [5, 5.41) is 19.2. The van der Waals surface area contributed by atoms with E-state index in [-0.39, 0.29) is 4.57 Å². The van der Waals surface area contributed by atoms with E-state index in [4.69, 9.17) is 19.0 Å². The number of aromatic nitrogens is 2. The number of phosphoric ester groups is 1. The highest BCUT2D eigenvalue weighted by Gasteiger charge is 2.50. The van der Waals surface area contributed by atoms with Gasteiger partial charge in [-0.3, -0.25) is 18.9 Å². The highest BCUT2D eigenvalue weighted by molar-refractivity contribution is 7.60.